The Balaban J connectivity index is 4.68. The monoisotopic (exact) mass is 826 g/mol. The molecular formula is C53H95NO5. The lowest BCUT2D eigenvalue weighted by Gasteiger charge is -2.24. The first-order chi connectivity index (χ1) is 29.0. The second-order valence-electron chi connectivity index (χ2n) is 16.9. The van der Waals surface area contributed by atoms with Crippen LogP contribution in [0.4, 0.5) is 0 Å². The molecule has 0 aromatic heterocycles. The lowest BCUT2D eigenvalue weighted by molar-refractivity contribution is -0.151. The van der Waals surface area contributed by atoms with Gasteiger partial charge in [0.15, 0.2) is 0 Å². The first kappa shape index (κ1) is 56.6. The molecule has 0 saturated carbocycles. The molecule has 0 rings (SSSR count). The molecule has 0 radical (unpaired) electrons. The standard InChI is InChI=1S/C53H95NO5/c1-4-7-10-13-16-19-22-24-25-26-27-29-31-34-37-40-43-46-53(58)59-49(44-41-38-35-32-30-28-23-20-17-14-11-8-5-2)47-52(57)54-50(48-55)51(56)45-42-39-36-33-21-18-15-12-9-6-3/h16,19-20,23-25,27,29,34,37,49-51,55-56H,4-15,17-18,21-22,26,28,30-33,35-36,38-48H2,1-3H3,(H,54,57)/b19-16-,23-20-,25-24-,29-27-,37-34-. The summed E-state index contributed by atoms with van der Waals surface area (Å²) in [5.41, 5.74) is 0. The maximum absolute atomic E-state index is 13.2. The SMILES string of the molecule is CCCCC/C=C\C/C=C\C/C=C\C/C=C\CCCC(=O)OC(CCCCCCC/C=C\CCCCCC)CC(=O)NC(CO)C(O)CCCCCCCCCCCC. The van der Waals surface area contributed by atoms with Crippen LogP contribution in [-0.4, -0.2) is 46.9 Å². The minimum absolute atomic E-state index is 0.0490. The van der Waals surface area contributed by atoms with Crippen molar-refractivity contribution in [1.29, 1.82) is 0 Å². The van der Waals surface area contributed by atoms with Gasteiger partial charge in [-0.05, 0) is 89.9 Å². The molecule has 3 atom stereocenters. The Bertz CT molecular complexity index is 1060. The van der Waals surface area contributed by atoms with Gasteiger partial charge in [0.25, 0.3) is 0 Å². The lowest BCUT2D eigenvalue weighted by atomic mass is 10.0. The Hall–Kier alpha value is -2.44. The van der Waals surface area contributed by atoms with Crippen molar-refractivity contribution < 1.29 is 24.5 Å². The van der Waals surface area contributed by atoms with Crippen molar-refractivity contribution in [3.63, 3.8) is 0 Å². The predicted octanol–water partition coefficient (Wildman–Crippen LogP) is 14.8. The van der Waals surface area contributed by atoms with Crippen molar-refractivity contribution in [3.05, 3.63) is 60.8 Å². The maximum atomic E-state index is 13.2. The smallest absolute Gasteiger partial charge is 0.306 e. The Labute approximate surface area is 365 Å². The number of carbonyl (C=O) groups excluding carboxylic acids is 2. The highest BCUT2D eigenvalue weighted by Crippen LogP contribution is 2.17. The number of aliphatic hydroxyl groups is 2. The number of hydrogen-bond acceptors (Lipinski definition) is 5. The van der Waals surface area contributed by atoms with Crippen molar-refractivity contribution in [1.82, 2.24) is 5.32 Å². The molecule has 1 amide bonds. The van der Waals surface area contributed by atoms with E-state index in [0.717, 1.165) is 70.6 Å². The van der Waals surface area contributed by atoms with Gasteiger partial charge in [-0.3, -0.25) is 9.59 Å². The van der Waals surface area contributed by atoms with Gasteiger partial charge in [-0.25, -0.2) is 0 Å². The number of esters is 1. The highest BCUT2D eigenvalue weighted by molar-refractivity contribution is 5.77. The van der Waals surface area contributed by atoms with E-state index in [9.17, 15) is 19.8 Å². The summed E-state index contributed by atoms with van der Waals surface area (Å²) < 4.78 is 5.89. The van der Waals surface area contributed by atoms with E-state index in [1.54, 1.807) is 0 Å². The third-order valence-corrected chi connectivity index (χ3v) is 11.1. The minimum atomic E-state index is -0.798. The molecule has 0 fully saturated rings. The van der Waals surface area contributed by atoms with E-state index in [0.29, 0.717) is 25.7 Å². The molecule has 3 unspecified atom stereocenters. The normalized spacial score (nSPS) is 13.8. The largest absolute Gasteiger partial charge is 0.462 e. The molecule has 6 nitrogen and oxygen atoms in total. The third-order valence-electron chi connectivity index (χ3n) is 11.1. The van der Waals surface area contributed by atoms with E-state index in [1.165, 1.54) is 116 Å². The van der Waals surface area contributed by atoms with Gasteiger partial charge in [-0.2, -0.15) is 0 Å². The minimum Gasteiger partial charge on any atom is -0.462 e. The first-order valence-electron chi connectivity index (χ1n) is 25.0. The van der Waals surface area contributed by atoms with Crippen molar-refractivity contribution >= 4 is 11.9 Å². The summed E-state index contributed by atoms with van der Waals surface area (Å²) in [4.78, 5) is 26.1. The number of hydrogen-bond donors (Lipinski definition) is 3. The van der Waals surface area contributed by atoms with E-state index in [4.69, 9.17) is 4.74 Å². The fourth-order valence-corrected chi connectivity index (χ4v) is 7.24. The summed E-state index contributed by atoms with van der Waals surface area (Å²) >= 11 is 0. The molecule has 0 aliphatic heterocycles. The van der Waals surface area contributed by atoms with Crippen LogP contribution in [0, 0.1) is 0 Å². The fourth-order valence-electron chi connectivity index (χ4n) is 7.24. The molecule has 342 valence electrons. The Kier molecular flexibility index (Phi) is 44.7. The van der Waals surface area contributed by atoms with E-state index >= 15 is 0 Å². The van der Waals surface area contributed by atoms with Gasteiger partial charge < -0.3 is 20.3 Å². The Morgan fingerprint density at radius 3 is 1.37 bits per heavy atom. The zero-order valence-electron chi connectivity index (χ0n) is 38.9. The van der Waals surface area contributed by atoms with Crippen molar-refractivity contribution in [2.24, 2.45) is 0 Å². The molecule has 0 bridgehead atoms. The second kappa shape index (κ2) is 46.6. The maximum Gasteiger partial charge on any atom is 0.306 e. The number of rotatable bonds is 44. The van der Waals surface area contributed by atoms with Gasteiger partial charge >= 0.3 is 5.97 Å². The van der Waals surface area contributed by atoms with Crippen LogP contribution in [0.2, 0.25) is 0 Å². The van der Waals surface area contributed by atoms with Crippen LogP contribution in [0.1, 0.15) is 239 Å². The van der Waals surface area contributed by atoms with Crippen molar-refractivity contribution in [2.45, 2.75) is 257 Å². The molecule has 0 saturated heterocycles. The number of ether oxygens (including phenoxy) is 1. The number of aliphatic hydroxyl groups excluding tert-OH is 2. The highest BCUT2D eigenvalue weighted by atomic mass is 16.5. The molecule has 3 N–H and O–H groups in total. The van der Waals surface area contributed by atoms with E-state index in [-0.39, 0.29) is 24.9 Å². The Morgan fingerprint density at radius 1 is 0.492 bits per heavy atom. The lowest BCUT2D eigenvalue weighted by Crippen LogP contribution is -2.46. The number of unbranched alkanes of at least 4 members (excludes halogenated alkanes) is 22. The molecule has 0 heterocycles. The van der Waals surface area contributed by atoms with E-state index in [1.807, 2.05) is 0 Å². The molecule has 0 aliphatic rings. The van der Waals surface area contributed by atoms with E-state index < -0.39 is 18.2 Å². The van der Waals surface area contributed by atoms with Crippen LogP contribution in [0.5, 0.6) is 0 Å². The van der Waals surface area contributed by atoms with Crippen LogP contribution in [-0.2, 0) is 14.3 Å². The summed E-state index contributed by atoms with van der Waals surface area (Å²) in [6, 6.07) is -0.715. The molecular weight excluding hydrogens is 731 g/mol. The van der Waals surface area contributed by atoms with Crippen LogP contribution < -0.4 is 5.32 Å². The summed E-state index contributed by atoms with van der Waals surface area (Å²) in [6.07, 6.45) is 57.1. The van der Waals surface area contributed by atoms with Crippen LogP contribution >= 0.6 is 0 Å². The molecule has 0 aromatic rings. The quantitative estimate of drug-likeness (QED) is 0.0323. The average molecular weight is 826 g/mol. The van der Waals surface area contributed by atoms with Gasteiger partial charge in [0.2, 0.25) is 5.91 Å². The molecule has 0 aromatic carbocycles. The number of allylic oxidation sites excluding steroid dienone is 10. The zero-order valence-corrected chi connectivity index (χ0v) is 38.9. The molecule has 0 spiro atoms. The third kappa shape index (κ3) is 42.1. The van der Waals surface area contributed by atoms with Gasteiger partial charge in [0, 0.05) is 6.42 Å². The van der Waals surface area contributed by atoms with Crippen LogP contribution in [0.25, 0.3) is 0 Å². The van der Waals surface area contributed by atoms with Crippen molar-refractivity contribution in [3.8, 4) is 0 Å². The first-order valence-corrected chi connectivity index (χ1v) is 25.0. The summed E-state index contributed by atoms with van der Waals surface area (Å²) in [5, 5.41) is 23.7. The Morgan fingerprint density at radius 2 is 0.864 bits per heavy atom. The molecule has 59 heavy (non-hydrogen) atoms. The van der Waals surface area contributed by atoms with Crippen LogP contribution in [0.3, 0.4) is 0 Å². The summed E-state index contributed by atoms with van der Waals surface area (Å²) in [6.45, 7) is 6.41. The zero-order chi connectivity index (χ0) is 43.1. The van der Waals surface area contributed by atoms with Gasteiger partial charge in [0.05, 0.1) is 25.2 Å². The molecule has 0 aliphatic carbocycles. The average Bonchev–Trinajstić information content (AvgIpc) is 3.23. The topological polar surface area (TPSA) is 95.9 Å². The number of amides is 1. The fraction of sp³-hybridized carbons (Fsp3) is 0.774. The van der Waals surface area contributed by atoms with Gasteiger partial charge in [0.1, 0.15) is 6.10 Å². The predicted molar refractivity (Wildman–Crippen MR) is 255 cm³/mol. The highest BCUT2D eigenvalue weighted by Gasteiger charge is 2.24. The van der Waals surface area contributed by atoms with E-state index in [2.05, 4.69) is 86.8 Å². The van der Waals surface area contributed by atoms with Gasteiger partial charge in [-0.1, -0.05) is 197 Å². The summed E-state index contributed by atoms with van der Waals surface area (Å²) in [7, 11) is 0. The number of nitrogens with one attached hydrogen (secondary N) is 1. The van der Waals surface area contributed by atoms with Crippen molar-refractivity contribution in [2.75, 3.05) is 6.61 Å². The number of carbonyl (C=O) groups is 2. The van der Waals surface area contributed by atoms with Crippen LogP contribution in [0.15, 0.2) is 60.8 Å². The second-order valence-corrected chi connectivity index (χ2v) is 16.9. The molecule has 6 heteroatoms. The van der Waals surface area contributed by atoms with Gasteiger partial charge in [-0.15, -0.1) is 0 Å². The summed E-state index contributed by atoms with van der Waals surface area (Å²) in [5.74, 6) is -0.550.